The lowest BCUT2D eigenvalue weighted by atomic mass is 10.1. The molecule has 0 saturated heterocycles. The van der Waals surface area contributed by atoms with Gasteiger partial charge in [0.25, 0.3) is 5.69 Å². The van der Waals surface area contributed by atoms with Crippen molar-refractivity contribution in [3.63, 3.8) is 0 Å². The molecule has 0 aliphatic heterocycles. The maximum atomic E-state index is 10.5. The van der Waals surface area contributed by atoms with Gasteiger partial charge in [0.1, 0.15) is 11.9 Å². The molecule has 19 heavy (non-hydrogen) atoms. The summed E-state index contributed by atoms with van der Waals surface area (Å²) in [6.07, 6.45) is 1.17. The molecule has 98 valence electrons. The van der Waals surface area contributed by atoms with Gasteiger partial charge in [0, 0.05) is 16.6 Å². The topological polar surface area (TPSA) is 65.3 Å². The normalized spacial score (nSPS) is 10.3. The third-order valence-corrected chi connectivity index (χ3v) is 3.81. The van der Waals surface area contributed by atoms with E-state index >= 15 is 0 Å². The van der Waals surface area contributed by atoms with E-state index in [9.17, 15) is 10.1 Å². The fraction of sp³-hybridized carbons (Fsp3) is 0.154. The molecule has 0 N–H and O–H groups in total. The van der Waals surface area contributed by atoms with Crippen LogP contribution >= 0.6 is 15.9 Å². The van der Waals surface area contributed by atoms with E-state index in [0.717, 1.165) is 15.6 Å². The molecule has 2 aromatic rings. The molecule has 0 aliphatic carbocycles. The average Bonchev–Trinajstić information content (AvgIpc) is 2.36. The Morgan fingerprint density at radius 2 is 1.89 bits per heavy atom. The van der Waals surface area contributed by atoms with E-state index in [-0.39, 0.29) is 5.69 Å². The second-order valence-corrected chi connectivity index (χ2v) is 4.88. The van der Waals surface area contributed by atoms with Crippen molar-refractivity contribution >= 4 is 21.6 Å². The fourth-order valence-electron chi connectivity index (χ4n) is 1.63. The largest absolute Gasteiger partial charge is 0.439 e. The molecule has 0 saturated carbocycles. The number of nitro groups is 1. The molecular weight excluding hydrogens is 312 g/mol. The average molecular weight is 323 g/mol. The molecule has 0 atom stereocenters. The first-order valence-corrected chi connectivity index (χ1v) is 6.31. The first-order valence-electron chi connectivity index (χ1n) is 5.52. The Morgan fingerprint density at radius 3 is 2.37 bits per heavy atom. The van der Waals surface area contributed by atoms with Gasteiger partial charge in [-0.2, -0.15) is 0 Å². The summed E-state index contributed by atoms with van der Waals surface area (Å²) in [6.45, 7) is 3.93. The molecule has 0 unspecified atom stereocenters. The zero-order valence-corrected chi connectivity index (χ0v) is 12.0. The fourth-order valence-corrected chi connectivity index (χ4v) is 1.86. The van der Waals surface area contributed by atoms with Crippen molar-refractivity contribution in [3.05, 3.63) is 56.2 Å². The quantitative estimate of drug-likeness (QED) is 0.628. The number of aromatic nitrogens is 1. The van der Waals surface area contributed by atoms with Gasteiger partial charge in [-0.25, -0.2) is 4.98 Å². The van der Waals surface area contributed by atoms with E-state index < -0.39 is 4.92 Å². The van der Waals surface area contributed by atoms with Crippen LogP contribution in [0.25, 0.3) is 0 Å². The van der Waals surface area contributed by atoms with E-state index in [0.29, 0.717) is 11.6 Å². The van der Waals surface area contributed by atoms with Gasteiger partial charge in [-0.05, 0) is 37.1 Å². The number of rotatable bonds is 3. The minimum Gasteiger partial charge on any atom is -0.439 e. The number of aryl methyl sites for hydroxylation is 2. The van der Waals surface area contributed by atoms with Gasteiger partial charge in [-0.3, -0.25) is 10.1 Å². The lowest BCUT2D eigenvalue weighted by molar-refractivity contribution is -0.385. The Kier molecular flexibility index (Phi) is 3.80. The predicted octanol–water partition coefficient (Wildman–Crippen LogP) is 4.16. The van der Waals surface area contributed by atoms with E-state index in [1.54, 1.807) is 0 Å². The zero-order valence-electron chi connectivity index (χ0n) is 10.4. The van der Waals surface area contributed by atoms with E-state index in [4.69, 9.17) is 4.74 Å². The maximum absolute atomic E-state index is 10.5. The summed E-state index contributed by atoms with van der Waals surface area (Å²) >= 11 is 3.48. The lowest BCUT2D eigenvalue weighted by Crippen LogP contribution is -1.92. The number of hydrogen-bond acceptors (Lipinski definition) is 4. The predicted molar refractivity (Wildman–Crippen MR) is 74.6 cm³/mol. The van der Waals surface area contributed by atoms with Crippen LogP contribution < -0.4 is 4.74 Å². The van der Waals surface area contributed by atoms with Gasteiger partial charge in [0.15, 0.2) is 0 Å². The molecule has 2 rings (SSSR count). The highest BCUT2D eigenvalue weighted by Crippen LogP contribution is 2.29. The SMILES string of the molecule is Cc1cc(Oc2ccc([N+](=O)[O-])cn2)cc(C)c1Br. The second-order valence-electron chi connectivity index (χ2n) is 4.08. The van der Waals surface area contributed by atoms with E-state index in [1.165, 1.54) is 18.3 Å². The molecule has 6 heteroatoms. The molecule has 1 aromatic carbocycles. The molecule has 0 amide bonds. The maximum Gasteiger partial charge on any atom is 0.287 e. The van der Waals surface area contributed by atoms with Gasteiger partial charge in [0.2, 0.25) is 5.88 Å². The third kappa shape index (κ3) is 3.08. The van der Waals surface area contributed by atoms with Gasteiger partial charge in [-0.15, -0.1) is 0 Å². The van der Waals surface area contributed by atoms with E-state index in [1.807, 2.05) is 26.0 Å². The number of benzene rings is 1. The van der Waals surface area contributed by atoms with Crippen molar-refractivity contribution in [2.45, 2.75) is 13.8 Å². The monoisotopic (exact) mass is 322 g/mol. The van der Waals surface area contributed by atoms with Crippen molar-refractivity contribution in [1.82, 2.24) is 4.98 Å². The molecule has 0 bridgehead atoms. The van der Waals surface area contributed by atoms with Gasteiger partial charge >= 0.3 is 0 Å². The molecule has 5 nitrogen and oxygen atoms in total. The summed E-state index contributed by atoms with van der Waals surface area (Å²) in [7, 11) is 0. The van der Waals surface area contributed by atoms with Crippen LogP contribution in [0.4, 0.5) is 5.69 Å². The molecular formula is C13H11BrN2O3. The Morgan fingerprint density at radius 1 is 1.26 bits per heavy atom. The van der Waals surface area contributed by atoms with Crippen LogP contribution in [0.2, 0.25) is 0 Å². The smallest absolute Gasteiger partial charge is 0.287 e. The minimum absolute atomic E-state index is 0.0597. The highest BCUT2D eigenvalue weighted by Gasteiger charge is 2.08. The van der Waals surface area contributed by atoms with Gasteiger partial charge in [-0.1, -0.05) is 15.9 Å². The van der Waals surface area contributed by atoms with Gasteiger partial charge in [0.05, 0.1) is 4.92 Å². The highest BCUT2D eigenvalue weighted by molar-refractivity contribution is 9.10. The first-order chi connectivity index (χ1) is 8.97. The molecule has 0 fully saturated rings. The number of hydrogen-bond donors (Lipinski definition) is 0. The summed E-state index contributed by atoms with van der Waals surface area (Å²) in [6, 6.07) is 6.59. The van der Waals surface area contributed by atoms with Crippen LogP contribution in [0.5, 0.6) is 11.6 Å². The molecule has 1 heterocycles. The molecule has 1 aromatic heterocycles. The summed E-state index contributed by atoms with van der Waals surface area (Å²) in [5, 5.41) is 10.5. The van der Waals surface area contributed by atoms with Crippen molar-refractivity contribution in [3.8, 4) is 11.6 Å². The molecule has 0 aliphatic rings. The number of ether oxygens (including phenoxy) is 1. The summed E-state index contributed by atoms with van der Waals surface area (Å²) < 4.78 is 6.61. The van der Waals surface area contributed by atoms with Crippen LogP contribution in [0.15, 0.2) is 34.9 Å². The Bertz CT molecular complexity index is 603. The second kappa shape index (κ2) is 5.36. The summed E-state index contributed by atoms with van der Waals surface area (Å²) in [4.78, 5) is 13.9. The van der Waals surface area contributed by atoms with Crippen LogP contribution in [-0.2, 0) is 0 Å². The van der Waals surface area contributed by atoms with Gasteiger partial charge < -0.3 is 4.74 Å². The summed E-state index contributed by atoms with van der Waals surface area (Å²) in [5.74, 6) is 0.978. The third-order valence-electron chi connectivity index (χ3n) is 2.56. The van der Waals surface area contributed by atoms with Crippen molar-refractivity contribution in [2.24, 2.45) is 0 Å². The van der Waals surface area contributed by atoms with Crippen LogP contribution in [0, 0.1) is 24.0 Å². The zero-order chi connectivity index (χ0) is 14.0. The molecule has 0 radical (unpaired) electrons. The number of halogens is 1. The standard InChI is InChI=1S/C13H11BrN2O3/c1-8-5-11(6-9(2)13(8)14)19-12-4-3-10(7-15-12)16(17)18/h3-7H,1-2H3. The summed E-state index contributed by atoms with van der Waals surface area (Å²) in [5.41, 5.74) is 2.05. The van der Waals surface area contributed by atoms with Crippen LogP contribution in [0.3, 0.4) is 0 Å². The Labute approximate surface area is 118 Å². The van der Waals surface area contributed by atoms with Crippen LogP contribution in [0.1, 0.15) is 11.1 Å². The number of nitrogens with zero attached hydrogens (tertiary/aromatic N) is 2. The minimum atomic E-state index is -0.495. The van der Waals surface area contributed by atoms with Crippen LogP contribution in [-0.4, -0.2) is 9.91 Å². The Balaban J connectivity index is 2.24. The lowest BCUT2D eigenvalue weighted by Gasteiger charge is -2.08. The first kappa shape index (κ1) is 13.5. The molecule has 0 spiro atoms. The van der Waals surface area contributed by atoms with E-state index in [2.05, 4.69) is 20.9 Å². The van der Waals surface area contributed by atoms with Crippen molar-refractivity contribution in [1.29, 1.82) is 0 Å². The highest BCUT2D eigenvalue weighted by atomic mass is 79.9. The number of pyridine rings is 1. The van der Waals surface area contributed by atoms with Crippen molar-refractivity contribution < 1.29 is 9.66 Å². The Hall–Kier alpha value is -1.95. The van der Waals surface area contributed by atoms with Crippen molar-refractivity contribution in [2.75, 3.05) is 0 Å².